The van der Waals surface area contributed by atoms with Crippen molar-refractivity contribution < 1.29 is 190 Å². The van der Waals surface area contributed by atoms with Gasteiger partial charge >= 0.3 is 221 Å². The van der Waals surface area contributed by atoms with Gasteiger partial charge in [0.1, 0.15) is 0 Å². The fourth-order valence-electron chi connectivity index (χ4n) is 5.99. The maximum absolute atomic E-state index is 10.7. The van der Waals surface area contributed by atoms with E-state index in [4.69, 9.17) is 0 Å². The number of nitrogens with zero attached hydrogens (tertiary/aromatic N) is 8. The molecule has 0 aliphatic heterocycles. The number of pyridine rings is 8. The summed E-state index contributed by atoms with van der Waals surface area (Å²) < 4.78 is 237. The van der Waals surface area contributed by atoms with Crippen LogP contribution in [0.15, 0.2) is 196 Å². The summed E-state index contributed by atoms with van der Waals surface area (Å²) in [6.07, 6.45) is 29.3. The van der Waals surface area contributed by atoms with Gasteiger partial charge in [-0.2, -0.15) is 0 Å². The molecule has 0 spiro atoms. The molecule has 0 unspecified atom stereocenters. The summed E-state index contributed by atoms with van der Waals surface area (Å²) in [5.74, 6) is 4.95. The Kier molecular flexibility index (Phi) is 51.3. The monoisotopic (exact) mass is 1980 g/mol. The minimum Gasteiger partial charge on any atom is 1.00 e. The van der Waals surface area contributed by atoms with Gasteiger partial charge in [-0.05, 0) is 189 Å². The first-order chi connectivity index (χ1) is 44.2. The van der Waals surface area contributed by atoms with E-state index in [-0.39, 0.29) is 89.5 Å². The Morgan fingerprint density at radius 2 is 0.202 bits per heavy atom. The number of rotatable bonds is 8. The van der Waals surface area contributed by atoms with Crippen LogP contribution in [0.3, 0.4) is 0 Å². The van der Waals surface area contributed by atoms with Crippen molar-refractivity contribution in [1.82, 2.24) is 39.9 Å². The number of hydrogen-bond acceptors (Lipinski definition) is 8. The summed E-state index contributed by atoms with van der Waals surface area (Å²) in [4.78, 5) is 31.4. The van der Waals surface area contributed by atoms with Crippen LogP contribution in [0.2, 0.25) is 0 Å². The van der Waals surface area contributed by atoms with Crippen LogP contribution in [0.5, 0.6) is 0 Å². The number of aromatic nitrogens is 8. The predicted molar refractivity (Wildman–Crippen MR) is 361 cm³/mol. The van der Waals surface area contributed by atoms with E-state index < -0.39 is 31.2 Å². The minimum atomic E-state index is -10.7. The molecule has 0 amide bonds. The molecular formula is C64H88Ag4F24N8P4. The van der Waals surface area contributed by atoms with Crippen LogP contribution in [0.25, 0.3) is 0 Å². The molecule has 616 valence electrons. The van der Waals surface area contributed by atoms with Crippen LogP contribution in [-0.2, 0) is 89.5 Å². The van der Waals surface area contributed by atoms with Gasteiger partial charge in [-0.25, -0.2) is 0 Å². The van der Waals surface area contributed by atoms with Crippen LogP contribution < -0.4 is 0 Å². The second-order valence-electron chi connectivity index (χ2n) is 23.3. The fourth-order valence-corrected chi connectivity index (χ4v) is 5.99. The standard InChI is InChI=1S/8C8H11N.4Ag.4F6P/c8*1-7(2)8-3-5-9-6-4-8;;;;;4*1-7(2,3,4,5)6/h8*3-7H,1-2H3;;;;;;;;/q;;;;;;;;4*+1;4*-1. The van der Waals surface area contributed by atoms with Gasteiger partial charge in [-0.15, -0.1) is 0 Å². The van der Waals surface area contributed by atoms with Crippen molar-refractivity contribution in [2.45, 2.75) is 158 Å². The van der Waals surface area contributed by atoms with Gasteiger partial charge in [0.2, 0.25) is 0 Å². The molecule has 8 aromatic heterocycles. The first-order valence-electron chi connectivity index (χ1n) is 29.7. The average molecular weight is 1980 g/mol. The van der Waals surface area contributed by atoms with Crippen molar-refractivity contribution in [3.8, 4) is 0 Å². The molecule has 0 aliphatic carbocycles. The minimum absolute atomic E-state index is 0. The molecule has 8 aromatic rings. The summed E-state index contributed by atoms with van der Waals surface area (Å²) >= 11 is 0. The maximum atomic E-state index is 9.87. The zero-order chi connectivity index (χ0) is 79.2. The van der Waals surface area contributed by atoms with E-state index in [1.807, 2.05) is 196 Å². The Morgan fingerprint density at radius 1 is 0.154 bits per heavy atom. The van der Waals surface area contributed by atoms with Gasteiger partial charge in [0, 0.05) is 99.1 Å². The second-order valence-corrected chi connectivity index (χ2v) is 31.0. The zero-order valence-electron chi connectivity index (χ0n) is 58.7. The largest absolute Gasteiger partial charge is 1.00 e. The summed E-state index contributed by atoms with van der Waals surface area (Å²) in [6.45, 7) is 34.8. The quantitative estimate of drug-likeness (QED) is 0.0842. The van der Waals surface area contributed by atoms with Crippen LogP contribution in [0.1, 0.15) is 203 Å². The van der Waals surface area contributed by atoms with Gasteiger partial charge in [0.25, 0.3) is 0 Å². The normalized spacial score (nSPS) is 13.2. The van der Waals surface area contributed by atoms with Gasteiger partial charge in [-0.1, -0.05) is 111 Å². The van der Waals surface area contributed by atoms with Gasteiger partial charge < -0.3 is 0 Å². The Labute approximate surface area is 655 Å². The van der Waals surface area contributed by atoms with Crippen molar-refractivity contribution in [1.29, 1.82) is 0 Å². The van der Waals surface area contributed by atoms with E-state index in [9.17, 15) is 101 Å². The van der Waals surface area contributed by atoms with Crippen LogP contribution in [0.4, 0.5) is 101 Å². The Bertz CT molecular complexity index is 2720. The number of hydrogen-bond donors (Lipinski definition) is 0. The van der Waals surface area contributed by atoms with E-state index in [0.717, 1.165) is 0 Å². The van der Waals surface area contributed by atoms with Gasteiger partial charge in [-0.3, -0.25) is 39.9 Å². The molecule has 0 saturated carbocycles. The third kappa shape index (κ3) is 109. The third-order valence-electron chi connectivity index (χ3n) is 11.0. The van der Waals surface area contributed by atoms with Crippen molar-refractivity contribution in [3.05, 3.63) is 241 Å². The molecule has 0 aliphatic rings. The first-order valence-corrected chi connectivity index (χ1v) is 37.8. The topological polar surface area (TPSA) is 103 Å². The van der Waals surface area contributed by atoms with Crippen molar-refractivity contribution in [3.63, 3.8) is 0 Å². The van der Waals surface area contributed by atoms with E-state index in [1.54, 1.807) is 0 Å². The van der Waals surface area contributed by atoms with Crippen LogP contribution in [0, 0.1) is 0 Å². The molecule has 8 rings (SSSR count). The molecule has 40 heteroatoms. The molecule has 0 atom stereocenters. The zero-order valence-corrected chi connectivity index (χ0v) is 68.2. The van der Waals surface area contributed by atoms with E-state index >= 15 is 0 Å². The Balaban J connectivity index is -0.000000161. The molecular weight excluding hydrogens is 1890 g/mol. The SMILES string of the molecule is CC(C)c1ccncc1.CC(C)c1ccncc1.CC(C)c1ccncc1.CC(C)c1ccncc1.CC(C)c1ccncc1.CC(C)c1ccncc1.CC(C)c1ccncc1.CC(C)c1ccncc1.F[P-](F)(F)(F)(F)F.F[P-](F)(F)(F)(F)F.F[P-](F)(F)(F)(F)F.F[P-](F)(F)(F)(F)F.[Ag+].[Ag+].[Ag+].[Ag+]. The van der Waals surface area contributed by atoms with Crippen LogP contribution in [-0.4, -0.2) is 39.9 Å². The van der Waals surface area contributed by atoms with Crippen molar-refractivity contribution in [2.75, 3.05) is 0 Å². The maximum Gasteiger partial charge on any atom is 1.00 e. The van der Waals surface area contributed by atoms with E-state index in [0.29, 0.717) is 47.3 Å². The molecule has 104 heavy (non-hydrogen) atoms. The fraction of sp³-hybridized carbons (Fsp3) is 0.375. The summed E-state index contributed by atoms with van der Waals surface area (Å²) in [5.41, 5.74) is 10.8. The number of halogens is 24. The third-order valence-corrected chi connectivity index (χ3v) is 11.0. The van der Waals surface area contributed by atoms with E-state index in [2.05, 4.69) is 151 Å². The molecule has 0 N–H and O–H groups in total. The first kappa shape index (κ1) is 116. The summed E-state index contributed by atoms with van der Waals surface area (Å²) in [7, 11) is -42.6. The molecule has 0 saturated heterocycles. The molecule has 0 bridgehead atoms. The second kappa shape index (κ2) is 46.0. The van der Waals surface area contributed by atoms with Crippen molar-refractivity contribution in [2.24, 2.45) is 0 Å². The molecule has 0 aromatic carbocycles. The average Bonchev–Trinajstić information content (AvgIpc) is 0.810. The summed E-state index contributed by atoms with van der Waals surface area (Å²) in [5, 5.41) is 0. The Morgan fingerprint density at radius 3 is 0.231 bits per heavy atom. The van der Waals surface area contributed by atoms with Crippen LogP contribution >= 0.6 is 31.2 Å². The summed E-state index contributed by atoms with van der Waals surface area (Å²) in [6, 6.07) is 32.7. The molecule has 0 fully saturated rings. The molecule has 0 radical (unpaired) electrons. The molecule has 8 nitrogen and oxygen atoms in total. The smallest absolute Gasteiger partial charge is 1.00 e. The van der Waals surface area contributed by atoms with Gasteiger partial charge in [0.05, 0.1) is 0 Å². The van der Waals surface area contributed by atoms with Crippen molar-refractivity contribution >= 4 is 31.2 Å². The van der Waals surface area contributed by atoms with E-state index in [1.165, 1.54) is 44.5 Å². The Hall–Kier alpha value is -3.80. The predicted octanol–water partition coefficient (Wildman–Crippen LogP) is 31.2. The van der Waals surface area contributed by atoms with Gasteiger partial charge in [0.15, 0.2) is 0 Å². The molecule has 8 heterocycles.